The molecule has 0 aromatic heterocycles. The fraction of sp³-hybridized carbons (Fsp3) is 0.231. The molecule has 0 radical (unpaired) electrons. The first kappa shape index (κ1) is 11.9. The molecule has 1 aliphatic rings. The van der Waals surface area contributed by atoms with Crippen molar-refractivity contribution >= 4 is 29.4 Å². The van der Waals surface area contributed by atoms with Crippen LogP contribution >= 0.6 is 11.6 Å². The number of nitrogens with zero attached hydrogens (tertiary/aromatic N) is 1. The molecule has 1 aromatic carbocycles. The second kappa shape index (κ2) is 4.72. The Bertz CT molecular complexity index is 518. The maximum Gasteiger partial charge on any atom is 0.275 e. The summed E-state index contributed by atoms with van der Waals surface area (Å²) in [6.45, 7) is 3.98. The lowest BCUT2D eigenvalue weighted by molar-refractivity contribution is -0.115. The van der Waals surface area contributed by atoms with Gasteiger partial charge in [0.15, 0.2) is 0 Å². The second-order valence-corrected chi connectivity index (χ2v) is 4.63. The average molecular weight is 249 g/mol. The molecule has 0 saturated heterocycles. The minimum absolute atomic E-state index is 0.159. The fourth-order valence-electron chi connectivity index (χ4n) is 1.51. The normalized spacial score (nSPS) is 17.5. The molecule has 0 atom stereocenters. The SMILES string of the molecule is CC(C)C1=N/C(=C/c2cccc(Cl)c2)C(=O)N1. The number of carbonyl (C=O) groups excluding carboxylic acids is 1. The highest BCUT2D eigenvalue weighted by Gasteiger charge is 2.21. The lowest BCUT2D eigenvalue weighted by Crippen LogP contribution is -2.27. The van der Waals surface area contributed by atoms with Crippen LogP contribution in [0.3, 0.4) is 0 Å². The smallest absolute Gasteiger partial charge is 0.275 e. The van der Waals surface area contributed by atoms with Crippen molar-refractivity contribution in [2.45, 2.75) is 13.8 Å². The third-order valence-corrected chi connectivity index (χ3v) is 2.65. The third-order valence-electron chi connectivity index (χ3n) is 2.41. The van der Waals surface area contributed by atoms with Gasteiger partial charge >= 0.3 is 0 Å². The van der Waals surface area contributed by atoms with Gasteiger partial charge in [-0.3, -0.25) is 4.79 Å². The Morgan fingerprint density at radius 3 is 2.76 bits per heavy atom. The van der Waals surface area contributed by atoms with Crippen LogP contribution in [0, 0.1) is 5.92 Å². The summed E-state index contributed by atoms with van der Waals surface area (Å²) in [5.41, 5.74) is 1.30. The van der Waals surface area contributed by atoms with Crippen LogP contribution in [0.25, 0.3) is 6.08 Å². The Kier molecular flexibility index (Phi) is 3.29. The van der Waals surface area contributed by atoms with Crippen molar-refractivity contribution in [3.8, 4) is 0 Å². The van der Waals surface area contributed by atoms with Gasteiger partial charge in [-0.2, -0.15) is 0 Å². The number of aliphatic imine (C=N–C) groups is 1. The predicted molar refractivity (Wildman–Crippen MR) is 69.8 cm³/mol. The number of carbonyl (C=O) groups is 1. The van der Waals surface area contributed by atoms with E-state index in [1.807, 2.05) is 26.0 Å². The molecule has 17 heavy (non-hydrogen) atoms. The maximum absolute atomic E-state index is 11.7. The van der Waals surface area contributed by atoms with Gasteiger partial charge < -0.3 is 5.32 Å². The number of halogens is 1. The van der Waals surface area contributed by atoms with Crippen LogP contribution < -0.4 is 5.32 Å². The van der Waals surface area contributed by atoms with Gasteiger partial charge in [0.25, 0.3) is 5.91 Å². The Labute approximate surface area is 105 Å². The van der Waals surface area contributed by atoms with E-state index in [2.05, 4.69) is 10.3 Å². The molecule has 1 aromatic rings. The van der Waals surface area contributed by atoms with E-state index >= 15 is 0 Å². The Hall–Kier alpha value is -1.61. The summed E-state index contributed by atoms with van der Waals surface area (Å²) in [5.74, 6) is 0.765. The van der Waals surface area contributed by atoms with Crippen molar-refractivity contribution in [1.82, 2.24) is 5.32 Å². The second-order valence-electron chi connectivity index (χ2n) is 4.19. The van der Waals surface area contributed by atoms with Gasteiger partial charge in [0.1, 0.15) is 11.5 Å². The van der Waals surface area contributed by atoms with Gasteiger partial charge in [-0.05, 0) is 23.8 Å². The van der Waals surface area contributed by atoms with Crippen LogP contribution in [-0.4, -0.2) is 11.7 Å². The van der Waals surface area contributed by atoms with Crippen molar-refractivity contribution in [3.63, 3.8) is 0 Å². The molecule has 0 aliphatic carbocycles. The zero-order valence-electron chi connectivity index (χ0n) is 9.70. The Balaban J connectivity index is 2.31. The summed E-state index contributed by atoms with van der Waals surface area (Å²) < 4.78 is 0. The van der Waals surface area contributed by atoms with Crippen molar-refractivity contribution < 1.29 is 4.79 Å². The van der Waals surface area contributed by atoms with Crippen LogP contribution in [0.4, 0.5) is 0 Å². The van der Waals surface area contributed by atoms with E-state index in [1.54, 1.807) is 18.2 Å². The lowest BCUT2D eigenvalue weighted by atomic mass is 10.2. The van der Waals surface area contributed by atoms with Gasteiger partial charge in [-0.1, -0.05) is 37.6 Å². The van der Waals surface area contributed by atoms with Gasteiger partial charge in [-0.15, -0.1) is 0 Å². The quantitative estimate of drug-likeness (QED) is 0.804. The van der Waals surface area contributed by atoms with Crippen LogP contribution in [-0.2, 0) is 4.79 Å². The van der Waals surface area contributed by atoms with E-state index in [-0.39, 0.29) is 11.8 Å². The van der Waals surface area contributed by atoms with Crippen molar-refractivity contribution in [3.05, 3.63) is 40.5 Å². The molecule has 0 bridgehead atoms. The molecule has 0 unspecified atom stereocenters. The molecule has 3 nitrogen and oxygen atoms in total. The van der Waals surface area contributed by atoms with E-state index in [4.69, 9.17) is 11.6 Å². The van der Waals surface area contributed by atoms with E-state index < -0.39 is 0 Å². The number of nitrogens with one attached hydrogen (secondary N) is 1. The number of amides is 1. The highest BCUT2D eigenvalue weighted by Crippen LogP contribution is 2.17. The van der Waals surface area contributed by atoms with Crippen molar-refractivity contribution in [1.29, 1.82) is 0 Å². The molecular formula is C13H13ClN2O. The van der Waals surface area contributed by atoms with E-state index in [1.165, 1.54) is 0 Å². The van der Waals surface area contributed by atoms with E-state index in [9.17, 15) is 4.79 Å². The number of hydrogen-bond donors (Lipinski definition) is 1. The lowest BCUT2D eigenvalue weighted by Gasteiger charge is -2.01. The summed E-state index contributed by atoms with van der Waals surface area (Å²) >= 11 is 5.88. The number of benzene rings is 1. The molecule has 1 aliphatic heterocycles. The summed E-state index contributed by atoms with van der Waals surface area (Å²) in [5, 5.41) is 3.39. The molecular weight excluding hydrogens is 236 g/mol. The first-order valence-electron chi connectivity index (χ1n) is 5.43. The number of hydrogen-bond acceptors (Lipinski definition) is 2. The largest absolute Gasteiger partial charge is 0.308 e. The Morgan fingerprint density at radius 2 is 2.18 bits per heavy atom. The summed E-state index contributed by atoms with van der Waals surface area (Å²) in [6.07, 6.45) is 1.73. The number of amidine groups is 1. The van der Waals surface area contributed by atoms with Crippen LogP contribution in [0.2, 0.25) is 5.02 Å². The highest BCUT2D eigenvalue weighted by molar-refractivity contribution is 6.30. The third kappa shape index (κ3) is 2.74. The minimum atomic E-state index is -0.159. The van der Waals surface area contributed by atoms with Gasteiger partial charge in [-0.25, -0.2) is 4.99 Å². The van der Waals surface area contributed by atoms with Crippen LogP contribution in [0.15, 0.2) is 35.0 Å². The van der Waals surface area contributed by atoms with Crippen LogP contribution in [0.1, 0.15) is 19.4 Å². The summed E-state index contributed by atoms with van der Waals surface area (Å²) in [4.78, 5) is 15.9. The average Bonchev–Trinajstić information content (AvgIpc) is 2.61. The minimum Gasteiger partial charge on any atom is -0.308 e. The summed E-state index contributed by atoms with van der Waals surface area (Å²) in [7, 11) is 0. The fourth-order valence-corrected chi connectivity index (χ4v) is 1.71. The van der Waals surface area contributed by atoms with Crippen molar-refractivity contribution in [2.75, 3.05) is 0 Å². The van der Waals surface area contributed by atoms with E-state index in [0.717, 1.165) is 5.56 Å². The van der Waals surface area contributed by atoms with Crippen LogP contribution in [0.5, 0.6) is 0 Å². The zero-order chi connectivity index (χ0) is 12.4. The molecule has 88 valence electrons. The molecule has 1 heterocycles. The Morgan fingerprint density at radius 1 is 1.41 bits per heavy atom. The predicted octanol–water partition coefficient (Wildman–Crippen LogP) is 2.87. The van der Waals surface area contributed by atoms with Gasteiger partial charge in [0.05, 0.1) is 0 Å². The topological polar surface area (TPSA) is 41.5 Å². The van der Waals surface area contributed by atoms with Gasteiger partial charge in [0, 0.05) is 10.9 Å². The maximum atomic E-state index is 11.7. The molecule has 4 heteroatoms. The highest BCUT2D eigenvalue weighted by atomic mass is 35.5. The number of rotatable bonds is 2. The zero-order valence-corrected chi connectivity index (χ0v) is 10.5. The standard InChI is InChI=1S/C13H13ClN2O/c1-8(2)12-15-11(13(17)16-12)7-9-4-3-5-10(14)6-9/h3-8H,1-2H3,(H,15,16,17)/b11-7+. The molecule has 2 rings (SSSR count). The van der Waals surface area contributed by atoms with E-state index in [0.29, 0.717) is 16.6 Å². The molecule has 0 spiro atoms. The molecule has 0 saturated carbocycles. The first-order valence-corrected chi connectivity index (χ1v) is 5.81. The van der Waals surface area contributed by atoms with Crippen molar-refractivity contribution in [2.24, 2.45) is 10.9 Å². The molecule has 0 fully saturated rings. The molecule has 1 N–H and O–H groups in total. The first-order chi connectivity index (χ1) is 8.06. The molecule has 1 amide bonds. The summed E-state index contributed by atoms with van der Waals surface area (Å²) in [6, 6.07) is 7.32. The monoisotopic (exact) mass is 248 g/mol. The van der Waals surface area contributed by atoms with Gasteiger partial charge in [0.2, 0.25) is 0 Å².